The molecule has 2 heterocycles. The number of primary amides is 1. The Morgan fingerprint density at radius 2 is 1.86 bits per heavy atom. The summed E-state index contributed by atoms with van der Waals surface area (Å²) in [5.41, 5.74) is 3.83. The zero-order valence-electron chi connectivity index (χ0n) is 16.2. The van der Waals surface area contributed by atoms with E-state index in [1.165, 1.54) is 13.8 Å². The van der Waals surface area contributed by atoms with Crippen LogP contribution in [-0.2, 0) is 42.7 Å². The van der Waals surface area contributed by atoms with Crippen molar-refractivity contribution in [3.05, 3.63) is 0 Å². The molecule has 0 aromatic heterocycles. The Morgan fingerprint density at radius 1 is 1.21 bits per heavy atom. The predicted molar refractivity (Wildman–Crippen MR) is 92.4 cm³/mol. The van der Waals surface area contributed by atoms with Gasteiger partial charge in [-0.25, -0.2) is 8.98 Å². The van der Waals surface area contributed by atoms with E-state index in [-0.39, 0.29) is 13.0 Å². The number of carbonyl (C=O) groups is 4. The van der Waals surface area contributed by atoms with Gasteiger partial charge < -0.3 is 20.1 Å². The third kappa shape index (κ3) is 5.55. The second kappa shape index (κ2) is 8.51. The molecule has 0 unspecified atom stereocenters. The summed E-state index contributed by atoms with van der Waals surface area (Å²) in [5.74, 6) is -2.22. The van der Waals surface area contributed by atoms with Crippen LogP contribution in [0.25, 0.3) is 0 Å². The van der Waals surface area contributed by atoms with Gasteiger partial charge in [0.15, 0.2) is 0 Å². The first-order valence-electron chi connectivity index (χ1n) is 8.63. The number of carbonyl (C=O) groups excluding carboxylic acids is 4. The predicted octanol–water partition coefficient (Wildman–Crippen LogP) is -0.977. The molecule has 14 heteroatoms. The largest absolute Gasteiger partial charge is 0.428 e. The van der Waals surface area contributed by atoms with E-state index in [1.807, 2.05) is 0 Å². The van der Waals surface area contributed by atoms with Crippen LogP contribution in [0.5, 0.6) is 0 Å². The van der Waals surface area contributed by atoms with Crippen LogP contribution in [0, 0.1) is 5.41 Å². The van der Waals surface area contributed by atoms with Gasteiger partial charge in [-0.3, -0.25) is 14.4 Å². The number of fused-ring (bicyclic) bond motifs is 2. The van der Waals surface area contributed by atoms with Crippen molar-refractivity contribution in [1.29, 1.82) is 0 Å². The highest BCUT2D eigenvalue weighted by atomic mass is 32.3. The van der Waals surface area contributed by atoms with Crippen molar-refractivity contribution in [2.24, 2.45) is 11.1 Å². The lowest BCUT2D eigenvalue weighted by molar-refractivity contribution is -0.173. The molecule has 29 heavy (non-hydrogen) atoms. The van der Waals surface area contributed by atoms with Crippen LogP contribution in [0.4, 0.5) is 4.79 Å². The highest BCUT2D eigenvalue weighted by molar-refractivity contribution is 7.81. The molecular weight excluding hydrogens is 414 g/mol. The Hall–Kier alpha value is -2.45. The van der Waals surface area contributed by atoms with E-state index in [0.717, 1.165) is 11.8 Å². The molecule has 2 aliphatic rings. The lowest BCUT2D eigenvalue weighted by atomic mass is 9.95. The van der Waals surface area contributed by atoms with Crippen molar-refractivity contribution in [1.82, 2.24) is 9.96 Å². The number of hydroxylamine groups is 2. The van der Waals surface area contributed by atoms with Gasteiger partial charge in [-0.1, -0.05) is 0 Å². The fourth-order valence-corrected chi connectivity index (χ4v) is 3.65. The number of urea groups is 1. The van der Waals surface area contributed by atoms with Gasteiger partial charge in [0, 0.05) is 13.5 Å². The average Bonchev–Trinajstić information content (AvgIpc) is 2.84. The Kier molecular flexibility index (Phi) is 6.70. The lowest BCUT2D eigenvalue weighted by Gasteiger charge is -2.27. The maximum atomic E-state index is 12.3. The maximum Gasteiger partial charge on any atom is 0.421 e. The van der Waals surface area contributed by atoms with Crippen LogP contribution in [0.15, 0.2) is 0 Å². The maximum absolute atomic E-state index is 12.3. The molecule has 0 aromatic rings. The summed E-state index contributed by atoms with van der Waals surface area (Å²) < 4.78 is 42.9. The Morgan fingerprint density at radius 3 is 2.45 bits per heavy atom. The standard InChI is InChI=1S/C15H23N3O10S/c1-9(19)25-8-26-13(21)15(2,3)7-27-29(23,24)28-18-10-4-5-11(12(16)20)17(6-10)14(18)22/h10-11H,4-8H2,1-3H3,(H2,16,20)/t10-,11+/m1/s1. The number of amides is 3. The topological polar surface area (TPSA) is 172 Å². The van der Waals surface area contributed by atoms with Gasteiger partial charge in [0.2, 0.25) is 12.7 Å². The summed E-state index contributed by atoms with van der Waals surface area (Å²) in [4.78, 5) is 47.5. The van der Waals surface area contributed by atoms with E-state index in [0.29, 0.717) is 11.5 Å². The number of rotatable bonds is 9. The van der Waals surface area contributed by atoms with Gasteiger partial charge in [-0.2, -0.15) is 13.5 Å². The van der Waals surface area contributed by atoms with Crippen molar-refractivity contribution in [3.8, 4) is 0 Å². The minimum Gasteiger partial charge on any atom is -0.428 e. The van der Waals surface area contributed by atoms with Gasteiger partial charge in [0.1, 0.15) is 6.04 Å². The van der Waals surface area contributed by atoms with Crippen LogP contribution in [0.2, 0.25) is 0 Å². The molecule has 2 fully saturated rings. The fraction of sp³-hybridized carbons (Fsp3) is 0.733. The molecule has 0 radical (unpaired) electrons. The molecule has 0 aromatic carbocycles. The third-order valence-corrected chi connectivity index (χ3v) is 5.14. The minimum atomic E-state index is -4.71. The smallest absolute Gasteiger partial charge is 0.421 e. The summed E-state index contributed by atoms with van der Waals surface area (Å²) in [6.07, 6.45) is 0.604. The molecule has 3 amide bonds. The molecule has 164 valence electrons. The van der Waals surface area contributed by atoms with Gasteiger partial charge in [-0.05, 0) is 26.7 Å². The van der Waals surface area contributed by atoms with Crippen LogP contribution < -0.4 is 5.73 Å². The quantitative estimate of drug-likeness (QED) is 0.349. The van der Waals surface area contributed by atoms with Crippen molar-refractivity contribution in [3.63, 3.8) is 0 Å². The number of piperidine rings is 1. The number of ether oxygens (including phenoxy) is 2. The molecule has 2 saturated heterocycles. The van der Waals surface area contributed by atoms with Crippen molar-refractivity contribution in [2.45, 2.75) is 45.7 Å². The molecule has 2 rings (SSSR count). The molecule has 13 nitrogen and oxygen atoms in total. The molecule has 2 atom stereocenters. The molecule has 0 spiro atoms. The SMILES string of the molecule is CC(=O)OCOC(=O)C(C)(C)COS(=O)(=O)ON1C(=O)N2C[C@H]1CC[C@H]2C(N)=O. The summed E-state index contributed by atoms with van der Waals surface area (Å²) in [5, 5.41) is 0.629. The summed E-state index contributed by atoms with van der Waals surface area (Å²) >= 11 is 0. The first-order chi connectivity index (χ1) is 13.3. The summed E-state index contributed by atoms with van der Waals surface area (Å²) in [6.45, 7) is 2.63. The highest BCUT2D eigenvalue weighted by Gasteiger charge is 2.49. The van der Waals surface area contributed by atoms with Crippen molar-refractivity contribution in [2.75, 3.05) is 19.9 Å². The van der Waals surface area contributed by atoms with Gasteiger partial charge in [0.25, 0.3) is 0 Å². The number of hydrogen-bond acceptors (Lipinski definition) is 10. The van der Waals surface area contributed by atoms with E-state index < -0.39 is 65.2 Å². The van der Waals surface area contributed by atoms with E-state index in [9.17, 15) is 27.6 Å². The van der Waals surface area contributed by atoms with E-state index in [4.69, 9.17) is 18.9 Å². The highest BCUT2D eigenvalue weighted by Crippen LogP contribution is 2.31. The Balaban J connectivity index is 1.93. The average molecular weight is 437 g/mol. The van der Waals surface area contributed by atoms with Crippen LogP contribution >= 0.6 is 0 Å². The molecule has 0 aliphatic carbocycles. The number of nitrogens with zero attached hydrogens (tertiary/aromatic N) is 2. The molecule has 0 saturated carbocycles. The Labute approximate surface area is 167 Å². The van der Waals surface area contributed by atoms with E-state index >= 15 is 0 Å². The van der Waals surface area contributed by atoms with Crippen molar-refractivity contribution >= 4 is 34.3 Å². The first-order valence-corrected chi connectivity index (χ1v) is 9.96. The second-order valence-electron chi connectivity index (χ2n) is 7.22. The van der Waals surface area contributed by atoms with Crippen LogP contribution in [0.1, 0.15) is 33.6 Å². The third-order valence-electron chi connectivity index (χ3n) is 4.39. The Bertz CT molecular complexity index is 796. The van der Waals surface area contributed by atoms with Gasteiger partial charge in [0.05, 0.1) is 18.1 Å². The van der Waals surface area contributed by atoms with Crippen molar-refractivity contribution < 1.29 is 45.5 Å². The molecule has 2 bridgehead atoms. The second-order valence-corrected chi connectivity index (χ2v) is 8.43. The zero-order chi connectivity index (χ0) is 22.0. The number of esters is 2. The first kappa shape index (κ1) is 22.8. The minimum absolute atomic E-state index is 0.0932. The fourth-order valence-electron chi connectivity index (χ4n) is 2.79. The summed E-state index contributed by atoms with van der Waals surface area (Å²) in [7, 11) is -4.71. The zero-order valence-corrected chi connectivity index (χ0v) is 17.0. The van der Waals surface area contributed by atoms with E-state index in [1.54, 1.807) is 0 Å². The van der Waals surface area contributed by atoms with Crippen LogP contribution in [-0.4, -0.2) is 74.3 Å². The normalized spacial score (nSPS) is 21.8. The molecule has 2 aliphatic heterocycles. The molecule has 2 N–H and O–H groups in total. The number of nitrogens with two attached hydrogens (primary N) is 1. The monoisotopic (exact) mass is 437 g/mol. The summed E-state index contributed by atoms with van der Waals surface area (Å²) in [6, 6.07) is -2.23. The molecular formula is C15H23N3O10S. The van der Waals surface area contributed by atoms with Gasteiger partial charge in [-0.15, -0.1) is 4.28 Å². The van der Waals surface area contributed by atoms with Crippen LogP contribution in [0.3, 0.4) is 0 Å². The lowest BCUT2D eigenvalue weighted by Crippen LogP contribution is -2.47. The number of hydrogen-bond donors (Lipinski definition) is 1. The van der Waals surface area contributed by atoms with Gasteiger partial charge >= 0.3 is 28.4 Å². The van der Waals surface area contributed by atoms with E-state index in [2.05, 4.69) is 4.74 Å².